The van der Waals surface area contributed by atoms with Crippen LogP contribution in [0, 0.1) is 6.92 Å². The zero-order valence-corrected chi connectivity index (χ0v) is 17.6. The summed E-state index contributed by atoms with van der Waals surface area (Å²) in [5, 5.41) is 2.01. The van der Waals surface area contributed by atoms with Crippen LogP contribution in [-0.4, -0.2) is 15.0 Å². The minimum atomic E-state index is -0.188. The number of benzene rings is 2. The topological polar surface area (TPSA) is 58.6 Å². The highest BCUT2D eigenvalue weighted by atomic mass is 35.5. The van der Waals surface area contributed by atoms with Crippen LogP contribution in [0.4, 0.5) is 0 Å². The van der Waals surface area contributed by atoms with Gasteiger partial charge in [-0.1, -0.05) is 54.1 Å². The first-order valence-electron chi connectivity index (χ1n) is 9.41. The molecule has 0 fully saturated rings. The highest BCUT2D eigenvalue weighted by Crippen LogP contribution is 2.36. The molecule has 0 saturated carbocycles. The van der Waals surface area contributed by atoms with Crippen molar-refractivity contribution in [3.05, 3.63) is 93.5 Å². The molecular weight excluding hydrogens is 414 g/mol. The molecule has 0 atom stereocenters. The fourth-order valence-corrected chi connectivity index (χ4v) is 4.84. The predicted octanol–water partition coefficient (Wildman–Crippen LogP) is 6.25. The number of rotatable bonds is 3. The van der Waals surface area contributed by atoms with Crippen molar-refractivity contribution in [2.24, 2.45) is 0 Å². The minimum absolute atomic E-state index is 0.188. The smallest absolute Gasteiger partial charge is 0.260 e. The number of halogens is 1. The molecule has 2 aromatic carbocycles. The van der Waals surface area contributed by atoms with E-state index in [0.717, 1.165) is 32.5 Å². The number of hydrogen-bond donors (Lipinski definition) is 1. The fourth-order valence-electron chi connectivity index (χ4n) is 3.58. The minimum Gasteiger partial charge on any atom is -0.305 e. The molecule has 4 nitrogen and oxygen atoms in total. The number of nitrogens with one attached hydrogen (secondary N) is 1. The van der Waals surface area contributed by atoms with Crippen LogP contribution in [-0.2, 0) is 0 Å². The van der Waals surface area contributed by atoms with Gasteiger partial charge in [-0.05, 0) is 42.3 Å². The Kier molecular flexibility index (Phi) is 4.69. The van der Waals surface area contributed by atoms with Crippen molar-refractivity contribution in [3.63, 3.8) is 0 Å². The van der Waals surface area contributed by atoms with Crippen molar-refractivity contribution in [3.8, 4) is 11.1 Å². The van der Waals surface area contributed by atoms with E-state index in [-0.39, 0.29) is 5.56 Å². The number of aromatic amines is 1. The summed E-state index contributed by atoms with van der Waals surface area (Å²) in [7, 11) is 0. The van der Waals surface area contributed by atoms with Gasteiger partial charge in [-0.2, -0.15) is 0 Å². The van der Waals surface area contributed by atoms with Crippen molar-refractivity contribution in [2.45, 2.75) is 6.92 Å². The zero-order chi connectivity index (χ0) is 20.7. The van der Waals surface area contributed by atoms with Crippen molar-refractivity contribution in [1.82, 2.24) is 15.0 Å². The third-order valence-corrected chi connectivity index (χ3v) is 6.23. The zero-order valence-electron chi connectivity index (χ0n) is 16.0. The first-order valence-corrected chi connectivity index (χ1v) is 10.6. The van der Waals surface area contributed by atoms with Gasteiger partial charge in [0.1, 0.15) is 4.83 Å². The van der Waals surface area contributed by atoms with Crippen LogP contribution in [0.15, 0.2) is 71.7 Å². The maximum absolute atomic E-state index is 13.0. The summed E-state index contributed by atoms with van der Waals surface area (Å²) in [6.07, 6.45) is 3.57. The number of aromatic nitrogens is 3. The summed E-state index contributed by atoms with van der Waals surface area (Å²) in [5.74, 6) is 0.362. The molecule has 0 aliphatic rings. The van der Waals surface area contributed by atoms with E-state index in [2.05, 4.69) is 15.0 Å². The molecule has 0 aliphatic heterocycles. The first kappa shape index (κ1) is 18.7. The predicted molar refractivity (Wildman–Crippen MR) is 126 cm³/mol. The van der Waals surface area contributed by atoms with E-state index in [4.69, 9.17) is 11.6 Å². The van der Waals surface area contributed by atoms with Crippen LogP contribution in [0.2, 0.25) is 0 Å². The molecule has 0 aliphatic carbocycles. The molecule has 146 valence electrons. The van der Waals surface area contributed by atoms with Gasteiger partial charge in [0.05, 0.1) is 15.9 Å². The monoisotopic (exact) mass is 429 g/mol. The van der Waals surface area contributed by atoms with Crippen LogP contribution in [0.25, 0.3) is 43.4 Å². The Labute approximate surface area is 181 Å². The van der Waals surface area contributed by atoms with E-state index in [9.17, 15) is 4.79 Å². The highest BCUT2D eigenvalue weighted by Gasteiger charge is 2.17. The van der Waals surface area contributed by atoms with E-state index in [0.29, 0.717) is 21.1 Å². The molecule has 30 heavy (non-hydrogen) atoms. The van der Waals surface area contributed by atoms with Gasteiger partial charge in [-0.15, -0.1) is 11.3 Å². The number of hydrogen-bond acceptors (Lipinski definition) is 4. The number of nitrogens with zero attached hydrogens (tertiary/aromatic N) is 2. The van der Waals surface area contributed by atoms with Gasteiger partial charge in [0, 0.05) is 22.0 Å². The van der Waals surface area contributed by atoms with Crippen LogP contribution >= 0.6 is 22.9 Å². The van der Waals surface area contributed by atoms with Gasteiger partial charge in [-0.3, -0.25) is 9.78 Å². The molecule has 1 N–H and O–H groups in total. The summed E-state index contributed by atoms with van der Waals surface area (Å²) in [5.41, 5.74) is 3.58. The number of fused-ring (bicyclic) bond motifs is 2. The van der Waals surface area contributed by atoms with Crippen LogP contribution < -0.4 is 5.56 Å². The van der Waals surface area contributed by atoms with E-state index >= 15 is 0 Å². The fraction of sp³-hybridized carbons (Fsp3) is 0.0417. The molecule has 3 heterocycles. The SMILES string of the molecule is Cc1sc2nc(/C(Cl)=C/c3ccc4ncccc4c3)[nH]c(=O)c2c1-c1ccccc1. The Morgan fingerprint density at radius 3 is 2.77 bits per heavy atom. The van der Waals surface area contributed by atoms with Crippen LogP contribution in [0.1, 0.15) is 16.3 Å². The second-order valence-electron chi connectivity index (χ2n) is 6.94. The third-order valence-electron chi connectivity index (χ3n) is 4.95. The Balaban J connectivity index is 1.61. The van der Waals surface area contributed by atoms with Gasteiger partial charge in [-0.25, -0.2) is 4.98 Å². The molecule has 0 radical (unpaired) electrons. The third kappa shape index (κ3) is 3.32. The van der Waals surface area contributed by atoms with E-state index < -0.39 is 0 Å². The molecule has 5 rings (SSSR count). The van der Waals surface area contributed by atoms with Crippen LogP contribution in [0.5, 0.6) is 0 Å². The van der Waals surface area contributed by atoms with Crippen molar-refractivity contribution in [2.75, 3.05) is 0 Å². The van der Waals surface area contributed by atoms with E-state index in [1.54, 1.807) is 12.3 Å². The van der Waals surface area contributed by atoms with E-state index in [1.165, 1.54) is 11.3 Å². The second kappa shape index (κ2) is 7.52. The molecule has 0 bridgehead atoms. The average Bonchev–Trinajstić information content (AvgIpc) is 3.10. The quantitative estimate of drug-likeness (QED) is 0.369. The van der Waals surface area contributed by atoms with Gasteiger partial charge in [0.2, 0.25) is 0 Å². The molecule has 5 aromatic rings. The Morgan fingerprint density at radius 2 is 1.93 bits per heavy atom. The Hall–Kier alpha value is -3.28. The molecule has 3 aromatic heterocycles. The Bertz CT molecular complexity index is 1490. The van der Waals surface area contributed by atoms with Crippen molar-refractivity contribution in [1.29, 1.82) is 0 Å². The number of thiophene rings is 1. The lowest BCUT2D eigenvalue weighted by molar-refractivity contribution is 1.14. The average molecular weight is 430 g/mol. The normalized spacial score (nSPS) is 12.0. The first-order chi connectivity index (χ1) is 14.6. The lowest BCUT2D eigenvalue weighted by Gasteiger charge is -2.03. The van der Waals surface area contributed by atoms with Crippen molar-refractivity contribution < 1.29 is 0 Å². The molecular formula is C24H16ClN3OS. The van der Waals surface area contributed by atoms with Gasteiger partial charge in [0.15, 0.2) is 5.82 Å². The lowest BCUT2D eigenvalue weighted by atomic mass is 10.0. The van der Waals surface area contributed by atoms with Gasteiger partial charge in [0.25, 0.3) is 5.56 Å². The molecule has 0 saturated heterocycles. The van der Waals surface area contributed by atoms with Crippen molar-refractivity contribution >= 4 is 55.2 Å². The maximum atomic E-state index is 13.0. The largest absolute Gasteiger partial charge is 0.305 e. The molecule has 0 spiro atoms. The summed E-state index contributed by atoms with van der Waals surface area (Å²) >= 11 is 8.05. The summed E-state index contributed by atoms with van der Waals surface area (Å²) in [4.78, 5) is 26.5. The molecule has 6 heteroatoms. The van der Waals surface area contributed by atoms with E-state index in [1.807, 2.05) is 67.6 Å². The second-order valence-corrected chi connectivity index (χ2v) is 8.55. The van der Waals surface area contributed by atoms with Crippen LogP contribution in [0.3, 0.4) is 0 Å². The number of pyridine rings is 1. The van der Waals surface area contributed by atoms with Gasteiger partial charge < -0.3 is 4.98 Å². The summed E-state index contributed by atoms with van der Waals surface area (Å²) in [6, 6.07) is 19.7. The molecule has 0 amide bonds. The number of aryl methyl sites for hydroxylation is 1. The summed E-state index contributed by atoms with van der Waals surface area (Å²) in [6.45, 7) is 2.01. The summed E-state index contributed by atoms with van der Waals surface area (Å²) < 4.78 is 0. The Morgan fingerprint density at radius 1 is 1.10 bits per heavy atom. The lowest BCUT2D eigenvalue weighted by Crippen LogP contribution is -2.10. The number of H-pyrrole nitrogens is 1. The van der Waals surface area contributed by atoms with Gasteiger partial charge >= 0.3 is 0 Å². The maximum Gasteiger partial charge on any atom is 0.260 e. The molecule has 0 unspecified atom stereocenters. The highest BCUT2D eigenvalue weighted by molar-refractivity contribution is 7.19. The standard InChI is InChI=1S/C24H16ClN3OS/c1-14-20(16-6-3-2-4-7-16)21-23(29)27-22(28-24(21)30-14)18(25)13-15-9-10-19-17(12-15)8-5-11-26-19/h2-13H,1H3,(H,27,28,29)/b18-13-.